The molecule has 0 bridgehead atoms. The number of carbonyl (C=O) groups is 2. The van der Waals surface area contributed by atoms with E-state index >= 15 is 0 Å². The van der Waals surface area contributed by atoms with E-state index in [2.05, 4.69) is 15.5 Å². The van der Waals surface area contributed by atoms with Crippen molar-refractivity contribution in [2.45, 2.75) is 65.6 Å². The average molecular weight is 402 g/mol. The van der Waals surface area contributed by atoms with Crippen molar-refractivity contribution in [2.24, 2.45) is 10.5 Å². The lowest BCUT2D eigenvalue weighted by Gasteiger charge is -2.33. The molecule has 8 nitrogen and oxygen atoms in total. The fraction of sp³-hybridized carbons (Fsp3) is 0.619. The first kappa shape index (κ1) is 21.1. The number of nitrogens with one attached hydrogen (secondary N) is 1. The van der Waals surface area contributed by atoms with Gasteiger partial charge in [0, 0.05) is 50.2 Å². The summed E-state index contributed by atoms with van der Waals surface area (Å²) < 4.78 is 11.4. The molecule has 0 radical (unpaired) electrons. The summed E-state index contributed by atoms with van der Waals surface area (Å²) in [6.45, 7) is 10.6. The number of rotatable bonds is 3. The van der Waals surface area contributed by atoms with E-state index in [1.807, 2.05) is 46.8 Å². The van der Waals surface area contributed by atoms with Crippen LogP contribution in [-0.4, -0.2) is 52.4 Å². The highest BCUT2D eigenvalue weighted by atomic mass is 16.6. The normalized spacial score (nSPS) is 20.0. The van der Waals surface area contributed by atoms with Gasteiger partial charge in [0.1, 0.15) is 11.7 Å². The van der Waals surface area contributed by atoms with Crippen LogP contribution in [0.25, 0.3) is 0 Å². The van der Waals surface area contributed by atoms with Crippen molar-refractivity contribution in [1.82, 2.24) is 15.3 Å². The van der Waals surface area contributed by atoms with Gasteiger partial charge in [0.15, 0.2) is 0 Å². The van der Waals surface area contributed by atoms with E-state index in [4.69, 9.17) is 9.47 Å². The summed E-state index contributed by atoms with van der Waals surface area (Å²) >= 11 is 0. The molecule has 1 aromatic heterocycles. The third-order valence-corrected chi connectivity index (χ3v) is 4.97. The molecule has 1 aromatic rings. The Hall–Kier alpha value is -2.64. The Labute approximate surface area is 171 Å². The van der Waals surface area contributed by atoms with E-state index in [1.54, 1.807) is 11.1 Å². The zero-order valence-corrected chi connectivity index (χ0v) is 17.8. The number of nitrogens with zero attached hydrogens (tertiary/aromatic N) is 3. The quantitative estimate of drug-likeness (QED) is 0.838. The Morgan fingerprint density at radius 3 is 2.48 bits per heavy atom. The lowest BCUT2D eigenvalue weighted by Crippen LogP contribution is -2.44. The summed E-state index contributed by atoms with van der Waals surface area (Å²) in [6, 6.07) is 3.73. The maximum absolute atomic E-state index is 12.1. The molecule has 2 aliphatic rings. The van der Waals surface area contributed by atoms with Crippen molar-refractivity contribution >= 4 is 17.7 Å². The van der Waals surface area contributed by atoms with Crippen LogP contribution in [0.15, 0.2) is 23.4 Å². The molecule has 0 atom stereocenters. The first-order chi connectivity index (χ1) is 13.5. The number of likely N-dealkylation sites (tertiary alicyclic amines) is 1. The molecular formula is C21H30N4O4. The van der Waals surface area contributed by atoms with Gasteiger partial charge in [-0.25, -0.2) is 15.2 Å². The Morgan fingerprint density at radius 2 is 1.93 bits per heavy atom. The minimum absolute atomic E-state index is 0.0114. The molecular weight excluding hydrogens is 372 g/mol. The van der Waals surface area contributed by atoms with Crippen LogP contribution in [-0.2, 0) is 9.53 Å². The lowest BCUT2D eigenvalue weighted by atomic mass is 9.83. The predicted molar refractivity (Wildman–Crippen MR) is 109 cm³/mol. The predicted octanol–water partition coefficient (Wildman–Crippen LogP) is 3.11. The van der Waals surface area contributed by atoms with E-state index in [1.165, 1.54) is 0 Å². The molecule has 29 heavy (non-hydrogen) atoms. The zero-order chi connectivity index (χ0) is 21.2. The smallest absolute Gasteiger partial charge is 0.410 e. The number of amides is 2. The zero-order valence-electron chi connectivity index (χ0n) is 17.8. The Balaban J connectivity index is 1.52. The third kappa shape index (κ3) is 5.46. The van der Waals surface area contributed by atoms with Crippen molar-refractivity contribution in [1.29, 1.82) is 0 Å². The van der Waals surface area contributed by atoms with Crippen molar-refractivity contribution in [2.75, 3.05) is 13.1 Å². The molecule has 0 aromatic carbocycles. The third-order valence-electron chi connectivity index (χ3n) is 4.97. The Kier molecular flexibility index (Phi) is 5.82. The fourth-order valence-electron chi connectivity index (χ4n) is 3.25. The highest BCUT2D eigenvalue weighted by molar-refractivity contribution is 6.05. The van der Waals surface area contributed by atoms with Crippen molar-refractivity contribution in [3.05, 3.63) is 23.9 Å². The Morgan fingerprint density at radius 1 is 1.24 bits per heavy atom. The summed E-state index contributed by atoms with van der Waals surface area (Å²) in [5, 5.41) is 4.16. The molecule has 2 aliphatic heterocycles. The van der Waals surface area contributed by atoms with Crippen LogP contribution in [0, 0.1) is 5.41 Å². The second-order valence-corrected chi connectivity index (χ2v) is 9.23. The molecule has 8 heteroatoms. The molecule has 3 heterocycles. The molecule has 1 fully saturated rings. The number of hydrazone groups is 1. The van der Waals surface area contributed by atoms with E-state index in [0.717, 1.165) is 24.1 Å². The summed E-state index contributed by atoms with van der Waals surface area (Å²) in [4.78, 5) is 30.1. The number of carbonyl (C=O) groups excluding carboxylic acids is 2. The summed E-state index contributed by atoms with van der Waals surface area (Å²) in [5.74, 6) is 0.469. The number of ether oxygens (including phenoxy) is 2. The molecule has 3 rings (SSSR count). The second kappa shape index (κ2) is 8.00. The number of aromatic nitrogens is 1. The topological polar surface area (TPSA) is 93.1 Å². The van der Waals surface area contributed by atoms with Crippen LogP contribution in [0.2, 0.25) is 0 Å². The Bertz CT molecular complexity index is 788. The average Bonchev–Trinajstić information content (AvgIpc) is 2.64. The molecule has 1 N–H and O–H groups in total. The van der Waals surface area contributed by atoms with Gasteiger partial charge in [-0.05, 0) is 26.8 Å². The fourth-order valence-corrected chi connectivity index (χ4v) is 3.25. The van der Waals surface area contributed by atoms with Gasteiger partial charge >= 0.3 is 6.09 Å². The highest BCUT2D eigenvalue weighted by Gasteiger charge is 2.33. The van der Waals surface area contributed by atoms with E-state index in [-0.39, 0.29) is 18.1 Å². The van der Waals surface area contributed by atoms with E-state index < -0.39 is 11.0 Å². The van der Waals surface area contributed by atoms with Crippen LogP contribution >= 0.6 is 0 Å². The van der Waals surface area contributed by atoms with Gasteiger partial charge in [-0.15, -0.1) is 0 Å². The molecule has 158 valence electrons. The molecule has 0 unspecified atom stereocenters. The van der Waals surface area contributed by atoms with E-state index in [9.17, 15) is 9.59 Å². The van der Waals surface area contributed by atoms with Crippen molar-refractivity contribution in [3.63, 3.8) is 0 Å². The van der Waals surface area contributed by atoms with Gasteiger partial charge < -0.3 is 14.4 Å². The minimum Gasteiger partial charge on any atom is -0.474 e. The van der Waals surface area contributed by atoms with Crippen LogP contribution in [0.1, 0.15) is 59.4 Å². The van der Waals surface area contributed by atoms with Crippen molar-refractivity contribution in [3.8, 4) is 5.88 Å². The number of hydrogen-bond acceptors (Lipinski definition) is 6. The highest BCUT2D eigenvalue weighted by Crippen LogP contribution is 2.27. The number of piperidine rings is 1. The van der Waals surface area contributed by atoms with Crippen LogP contribution in [0.3, 0.4) is 0 Å². The van der Waals surface area contributed by atoms with Crippen LogP contribution < -0.4 is 10.2 Å². The summed E-state index contributed by atoms with van der Waals surface area (Å²) in [7, 11) is 0. The molecule has 0 spiro atoms. The van der Waals surface area contributed by atoms with Gasteiger partial charge in [-0.1, -0.05) is 13.8 Å². The first-order valence-corrected chi connectivity index (χ1v) is 10.0. The van der Waals surface area contributed by atoms with Gasteiger partial charge in [0.2, 0.25) is 11.8 Å². The molecule has 0 aliphatic carbocycles. The van der Waals surface area contributed by atoms with E-state index in [0.29, 0.717) is 25.4 Å². The maximum atomic E-state index is 12.1. The van der Waals surface area contributed by atoms with Crippen LogP contribution in [0.4, 0.5) is 4.79 Å². The molecule has 0 saturated carbocycles. The van der Waals surface area contributed by atoms with Gasteiger partial charge in [0.25, 0.3) is 0 Å². The lowest BCUT2D eigenvalue weighted by molar-refractivity contribution is -0.129. The number of hydrogen-bond donors (Lipinski definition) is 1. The summed E-state index contributed by atoms with van der Waals surface area (Å²) in [5.41, 5.74) is 3.27. The van der Waals surface area contributed by atoms with Gasteiger partial charge in [0.05, 0.1) is 11.1 Å². The molecule has 2 amide bonds. The van der Waals surface area contributed by atoms with Gasteiger partial charge in [-0.3, -0.25) is 4.79 Å². The summed E-state index contributed by atoms with van der Waals surface area (Å²) in [6.07, 6.45) is 3.48. The standard InChI is InChI=1S/C21H30N4O4/c1-20(2,3)29-19(27)25-10-8-15(9-11-25)28-17-7-6-14(13-22-17)16-12-21(4,5)18(26)24-23-16/h6-7,13,15H,8-12H2,1-5H3,(H,24,26). The van der Waals surface area contributed by atoms with Crippen LogP contribution in [0.5, 0.6) is 5.88 Å². The van der Waals surface area contributed by atoms with Crippen molar-refractivity contribution < 1.29 is 19.1 Å². The van der Waals surface area contributed by atoms with Gasteiger partial charge in [-0.2, -0.15) is 5.10 Å². The maximum Gasteiger partial charge on any atom is 0.410 e. The largest absolute Gasteiger partial charge is 0.474 e. The molecule has 1 saturated heterocycles. The minimum atomic E-state index is -0.492. The number of pyridine rings is 1. The SMILES string of the molecule is CC(C)(C)OC(=O)N1CCC(Oc2ccc(C3=NNC(=O)C(C)(C)C3)cn2)CC1. The second-order valence-electron chi connectivity index (χ2n) is 9.23. The first-order valence-electron chi connectivity index (χ1n) is 10.0. The monoisotopic (exact) mass is 402 g/mol.